The number of carbonyl (C=O) groups excluding carboxylic acids is 2. The summed E-state index contributed by atoms with van der Waals surface area (Å²) in [5, 5.41) is 3.03. The maximum atomic E-state index is 13.1. The fraction of sp³-hybridized carbons (Fsp3) is 0.462. The molecule has 0 bridgehead atoms. The molecule has 0 radical (unpaired) electrons. The number of rotatable bonds is 5. The smallest absolute Gasteiger partial charge is 0.257 e. The summed E-state index contributed by atoms with van der Waals surface area (Å²) < 4.78 is 0. The molecule has 31 heavy (non-hydrogen) atoms. The summed E-state index contributed by atoms with van der Waals surface area (Å²) in [6, 6.07) is 13.9. The van der Waals surface area contributed by atoms with Crippen LogP contribution < -0.4 is 10.2 Å². The van der Waals surface area contributed by atoms with Gasteiger partial charge < -0.3 is 15.1 Å². The number of carbonyl (C=O) groups is 2. The number of nitrogens with zero attached hydrogens (tertiary/aromatic N) is 2. The molecule has 2 aliphatic rings. The van der Waals surface area contributed by atoms with Crippen molar-refractivity contribution in [3.05, 3.63) is 64.7 Å². The van der Waals surface area contributed by atoms with Crippen molar-refractivity contribution < 1.29 is 9.59 Å². The van der Waals surface area contributed by atoms with Crippen LogP contribution in [0.3, 0.4) is 0 Å². The number of nitrogens with one attached hydrogen (secondary N) is 1. The molecule has 0 saturated carbocycles. The van der Waals surface area contributed by atoms with Gasteiger partial charge >= 0.3 is 0 Å². The van der Waals surface area contributed by atoms with Crippen LogP contribution in [0.2, 0.25) is 0 Å². The SMILES string of the molecule is CCN1c2cc(C(=O)NCc3ccc(C(C)C)cc3)ccc2C(=O)N2CCCCC[C@@H]21. The highest BCUT2D eigenvalue weighted by Crippen LogP contribution is 2.35. The van der Waals surface area contributed by atoms with Gasteiger partial charge in [-0.25, -0.2) is 0 Å². The van der Waals surface area contributed by atoms with Gasteiger partial charge in [-0.1, -0.05) is 44.5 Å². The van der Waals surface area contributed by atoms with Gasteiger partial charge in [0.1, 0.15) is 6.17 Å². The van der Waals surface area contributed by atoms with Crippen LogP contribution in [0.25, 0.3) is 0 Å². The summed E-state index contributed by atoms with van der Waals surface area (Å²) in [6.45, 7) is 8.58. The molecule has 4 rings (SSSR count). The minimum absolute atomic E-state index is 0.101. The molecule has 2 aromatic rings. The average molecular weight is 420 g/mol. The van der Waals surface area contributed by atoms with E-state index in [1.807, 2.05) is 17.0 Å². The molecular weight excluding hydrogens is 386 g/mol. The summed E-state index contributed by atoms with van der Waals surface area (Å²) in [7, 11) is 0. The Balaban J connectivity index is 1.52. The first-order valence-corrected chi connectivity index (χ1v) is 11.6. The van der Waals surface area contributed by atoms with Gasteiger partial charge in [0.2, 0.25) is 0 Å². The van der Waals surface area contributed by atoms with Crippen molar-refractivity contribution in [2.24, 2.45) is 0 Å². The molecule has 1 N–H and O–H groups in total. The van der Waals surface area contributed by atoms with E-state index < -0.39 is 0 Å². The van der Waals surface area contributed by atoms with Gasteiger partial charge in [-0.3, -0.25) is 9.59 Å². The quantitative estimate of drug-likeness (QED) is 0.748. The molecule has 164 valence electrons. The second-order valence-corrected chi connectivity index (χ2v) is 8.93. The highest BCUT2D eigenvalue weighted by atomic mass is 16.2. The third-order valence-corrected chi connectivity index (χ3v) is 6.58. The standard InChI is InChI=1S/C26H33N3O2/c1-4-28-23-16-21(25(30)27-17-19-9-11-20(12-10-19)18(2)3)13-14-22(23)26(31)29-15-7-5-6-8-24(28)29/h9-14,16,18,24H,4-8,15,17H2,1-3H3,(H,27,30)/t24-/m1/s1. The maximum Gasteiger partial charge on any atom is 0.257 e. The van der Waals surface area contributed by atoms with Gasteiger partial charge in [-0.15, -0.1) is 0 Å². The third-order valence-electron chi connectivity index (χ3n) is 6.58. The lowest BCUT2D eigenvalue weighted by Gasteiger charge is -2.44. The zero-order chi connectivity index (χ0) is 22.0. The van der Waals surface area contributed by atoms with Gasteiger partial charge in [0.25, 0.3) is 11.8 Å². The Morgan fingerprint density at radius 2 is 1.87 bits per heavy atom. The van der Waals surface area contributed by atoms with Crippen LogP contribution in [0.5, 0.6) is 0 Å². The summed E-state index contributed by atoms with van der Waals surface area (Å²) in [6.07, 6.45) is 4.45. The Bertz CT molecular complexity index is 952. The predicted octanol–water partition coefficient (Wildman–Crippen LogP) is 4.92. The lowest BCUT2D eigenvalue weighted by molar-refractivity contribution is 0.0656. The van der Waals surface area contributed by atoms with Crippen molar-refractivity contribution in [3.63, 3.8) is 0 Å². The number of anilines is 1. The summed E-state index contributed by atoms with van der Waals surface area (Å²) in [5.74, 6) is 0.485. The van der Waals surface area contributed by atoms with Gasteiger partial charge in [0, 0.05) is 25.2 Å². The number of amides is 2. The lowest BCUT2D eigenvalue weighted by Crippen LogP contribution is -2.55. The van der Waals surface area contributed by atoms with Crippen molar-refractivity contribution in [2.45, 2.75) is 65.1 Å². The monoisotopic (exact) mass is 419 g/mol. The van der Waals surface area contributed by atoms with Crippen molar-refractivity contribution in [1.29, 1.82) is 0 Å². The molecule has 0 aliphatic carbocycles. The van der Waals surface area contributed by atoms with E-state index in [-0.39, 0.29) is 18.0 Å². The van der Waals surface area contributed by atoms with Crippen LogP contribution in [0, 0.1) is 0 Å². The summed E-state index contributed by atoms with van der Waals surface area (Å²) in [4.78, 5) is 30.3. The number of hydrogen-bond acceptors (Lipinski definition) is 3. The zero-order valence-electron chi connectivity index (χ0n) is 18.9. The highest BCUT2D eigenvalue weighted by molar-refractivity contribution is 6.04. The topological polar surface area (TPSA) is 52.7 Å². The van der Waals surface area contributed by atoms with E-state index >= 15 is 0 Å². The lowest BCUT2D eigenvalue weighted by atomic mass is 10.0. The first kappa shape index (κ1) is 21.4. The molecule has 2 aliphatic heterocycles. The fourth-order valence-electron chi connectivity index (χ4n) is 4.74. The molecular formula is C26H33N3O2. The molecule has 1 fully saturated rings. The molecule has 1 saturated heterocycles. The van der Waals surface area contributed by atoms with Crippen LogP contribution in [0.15, 0.2) is 42.5 Å². The van der Waals surface area contributed by atoms with Crippen molar-refractivity contribution in [1.82, 2.24) is 10.2 Å². The first-order chi connectivity index (χ1) is 15.0. The van der Waals surface area contributed by atoms with Gasteiger partial charge in [-0.2, -0.15) is 0 Å². The molecule has 0 unspecified atom stereocenters. The fourth-order valence-corrected chi connectivity index (χ4v) is 4.74. The van der Waals surface area contributed by atoms with Crippen molar-refractivity contribution in [2.75, 3.05) is 18.0 Å². The molecule has 5 heteroatoms. The van der Waals surface area contributed by atoms with E-state index in [2.05, 4.69) is 55.3 Å². The normalized spacial score (nSPS) is 18.5. The van der Waals surface area contributed by atoms with Crippen LogP contribution >= 0.6 is 0 Å². The van der Waals surface area contributed by atoms with E-state index in [1.54, 1.807) is 6.07 Å². The Labute approximate surface area is 185 Å². The van der Waals surface area contributed by atoms with Crippen molar-refractivity contribution in [3.8, 4) is 0 Å². The van der Waals surface area contributed by atoms with E-state index in [0.717, 1.165) is 43.6 Å². The molecule has 2 amide bonds. The molecule has 0 spiro atoms. The minimum atomic E-state index is -0.109. The number of hydrogen-bond donors (Lipinski definition) is 1. The van der Waals surface area contributed by atoms with E-state index in [9.17, 15) is 9.59 Å². The van der Waals surface area contributed by atoms with E-state index in [0.29, 0.717) is 23.6 Å². The van der Waals surface area contributed by atoms with Crippen LogP contribution in [-0.4, -0.2) is 36.0 Å². The molecule has 0 aromatic heterocycles. The van der Waals surface area contributed by atoms with Crippen LogP contribution in [0.4, 0.5) is 5.69 Å². The molecule has 1 atom stereocenters. The Hall–Kier alpha value is -2.82. The van der Waals surface area contributed by atoms with E-state index in [1.165, 1.54) is 12.0 Å². The second-order valence-electron chi connectivity index (χ2n) is 8.93. The Morgan fingerprint density at radius 3 is 2.58 bits per heavy atom. The Morgan fingerprint density at radius 1 is 1.10 bits per heavy atom. The maximum absolute atomic E-state index is 13.1. The second kappa shape index (κ2) is 9.13. The number of benzene rings is 2. The molecule has 2 heterocycles. The molecule has 2 aromatic carbocycles. The summed E-state index contributed by atoms with van der Waals surface area (Å²) >= 11 is 0. The van der Waals surface area contributed by atoms with Crippen LogP contribution in [-0.2, 0) is 6.54 Å². The largest absolute Gasteiger partial charge is 0.351 e. The van der Waals surface area contributed by atoms with Crippen LogP contribution in [0.1, 0.15) is 84.2 Å². The predicted molar refractivity (Wildman–Crippen MR) is 124 cm³/mol. The first-order valence-electron chi connectivity index (χ1n) is 11.6. The average Bonchev–Trinajstić information content (AvgIpc) is 3.04. The Kier molecular flexibility index (Phi) is 6.30. The van der Waals surface area contributed by atoms with Gasteiger partial charge in [0.15, 0.2) is 0 Å². The summed E-state index contributed by atoms with van der Waals surface area (Å²) in [5.41, 5.74) is 4.58. The molecule has 5 nitrogen and oxygen atoms in total. The highest BCUT2D eigenvalue weighted by Gasteiger charge is 2.37. The minimum Gasteiger partial charge on any atom is -0.351 e. The third kappa shape index (κ3) is 4.32. The number of fused-ring (bicyclic) bond motifs is 2. The van der Waals surface area contributed by atoms with E-state index in [4.69, 9.17) is 0 Å². The van der Waals surface area contributed by atoms with Gasteiger partial charge in [0.05, 0.1) is 11.3 Å². The zero-order valence-corrected chi connectivity index (χ0v) is 18.9. The van der Waals surface area contributed by atoms with Gasteiger partial charge in [-0.05, 0) is 61.4 Å². The van der Waals surface area contributed by atoms with Crippen molar-refractivity contribution >= 4 is 17.5 Å².